The van der Waals surface area contributed by atoms with Gasteiger partial charge in [-0.25, -0.2) is 0 Å². The molecule has 0 amide bonds. The van der Waals surface area contributed by atoms with Gasteiger partial charge < -0.3 is 0 Å². The van der Waals surface area contributed by atoms with E-state index in [2.05, 4.69) is 6.92 Å². The molecule has 68 valence electrons. The minimum atomic E-state index is 0.132. The number of hydrogen-bond donors (Lipinski definition) is 0. The van der Waals surface area contributed by atoms with Gasteiger partial charge in [-0.2, -0.15) is 0 Å². The van der Waals surface area contributed by atoms with E-state index in [1.54, 1.807) is 0 Å². The summed E-state index contributed by atoms with van der Waals surface area (Å²) < 4.78 is 0. The second-order valence-corrected chi connectivity index (χ2v) is 3.56. The van der Waals surface area contributed by atoms with Crippen LogP contribution in [-0.2, 0) is 9.59 Å². The summed E-state index contributed by atoms with van der Waals surface area (Å²) in [6, 6.07) is 0. The summed E-state index contributed by atoms with van der Waals surface area (Å²) in [7, 11) is 0. The zero-order valence-electron chi connectivity index (χ0n) is 7.64. The predicted octanol–water partition coefficient (Wildman–Crippen LogP) is 2.11. The topological polar surface area (TPSA) is 34.1 Å². The van der Waals surface area contributed by atoms with Gasteiger partial charge >= 0.3 is 0 Å². The first-order chi connectivity index (χ1) is 5.74. The van der Waals surface area contributed by atoms with Gasteiger partial charge in [-0.1, -0.05) is 19.8 Å². The molecule has 0 aromatic heterocycles. The predicted molar refractivity (Wildman–Crippen MR) is 46.9 cm³/mol. The van der Waals surface area contributed by atoms with E-state index in [0.717, 1.165) is 25.7 Å². The van der Waals surface area contributed by atoms with Crippen LogP contribution in [0.15, 0.2) is 0 Å². The van der Waals surface area contributed by atoms with Gasteiger partial charge in [-0.05, 0) is 12.8 Å². The van der Waals surface area contributed by atoms with Crippen molar-refractivity contribution in [3.8, 4) is 0 Å². The van der Waals surface area contributed by atoms with Crippen molar-refractivity contribution in [1.82, 2.24) is 0 Å². The fourth-order valence-corrected chi connectivity index (χ4v) is 1.68. The van der Waals surface area contributed by atoms with Gasteiger partial charge in [0.25, 0.3) is 0 Å². The molecule has 0 aliphatic heterocycles. The molecular weight excluding hydrogens is 152 g/mol. The maximum Gasteiger partial charge on any atom is 0.143 e. The highest BCUT2D eigenvalue weighted by Gasteiger charge is 2.25. The van der Waals surface area contributed by atoms with Crippen LogP contribution in [0.2, 0.25) is 0 Å². The molecule has 1 aliphatic carbocycles. The van der Waals surface area contributed by atoms with Gasteiger partial charge in [-0.15, -0.1) is 0 Å². The Labute approximate surface area is 73.3 Å². The number of ketones is 2. The van der Waals surface area contributed by atoms with Gasteiger partial charge in [0, 0.05) is 12.3 Å². The summed E-state index contributed by atoms with van der Waals surface area (Å²) in [6.07, 6.45) is 4.87. The van der Waals surface area contributed by atoms with E-state index >= 15 is 0 Å². The summed E-state index contributed by atoms with van der Waals surface area (Å²) in [6.45, 7) is 2.12. The largest absolute Gasteiger partial charge is 0.299 e. The molecule has 0 spiro atoms. The third kappa shape index (κ3) is 2.43. The smallest absolute Gasteiger partial charge is 0.143 e. The molecule has 2 nitrogen and oxygen atoms in total. The second kappa shape index (κ2) is 4.39. The van der Waals surface area contributed by atoms with Crippen molar-refractivity contribution in [3.63, 3.8) is 0 Å². The third-order valence-electron chi connectivity index (χ3n) is 2.50. The maximum atomic E-state index is 11.3. The third-order valence-corrected chi connectivity index (χ3v) is 2.50. The Hall–Kier alpha value is -0.660. The van der Waals surface area contributed by atoms with Crippen molar-refractivity contribution >= 4 is 11.6 Å². The average Bonchev–Trinajstić information content (AvgIpc) is 2.03. The molecule has 0 saturated heterocycles. The molecule has 0 radical (unpaired) electrons. The number of carbonyl (C=O) groups excluding carboxylic acids is 2. The lowest BCUT2D eigenvalue weighted by Crippen LogP contribution is -2.24. The van der Waals surface area contributed by atoms with Crippen molar-refractivity contribution < 1.29 is 9.59 Å². The Kier molecular flexibility index (Phi) is 3.45. The minimum absolute atomic E-state index is 0.132. The van der Waals surface area contributed by atoms with Crippen LogP contribution in [0.1, 0.15) is 45.4 Å². The van der Waals surface area contributed by atoms with Crippen LogP contribution in [0.3, 0.4) is 0 Å². The lowest BCUT2D eigenvalue weighted by molar-refractivity contribution is -0.132. The second-order valence-electron chi connectivity index (χ2n) is 3.56. The van der Waals surface area contributed by atoms with E-state index in [1.807, 2.05) is 0 Å². The van der Waals surface area contributed by atoms with E-state index in [9.17, 15) is 9.59 Å². The van der Waals surface area contributed by atoms with Crippen LogP contribution in [0, 0.1) is 5.92 Å². The molecule has 1 fully saturated rings. The van der Waals surface area contributed by atoms with Crippen molar-refractivity contribution in [2.45, 2.75) is 45.4 Å². The van der Waals surface area contributed by atoms with Crippen molar-refractivity contribution in [2.75, 3.05) is 0 Å². The monoisotopic (exact) mass is 168 g/mol. The molecule has 0 bridgehead atoms. The fraction of sp³-hybridized carbons (Fsp3) is 0.800. The number of carbonyl (C=O) groups is 2. The molecule has 1 saturated carbocycles. The molecule has 0 N–H and O–H groups in total. The van der Waals surface area contributed by atoms with Crippen LogP contribution in [-0.4, -0.2) is 11.6 Å². The van der Waals surface area contributed by atoms with E-state index < -0.39 is 0 Å². The van der Waals surface area contributed by atoms with Gasteiger partial charge in [0.1, 0.15) is 11.6 Å². The highest BCUT2D eigenvalue weighted by molar-refractivity contribution is 6.02. The van der Waals surface area contributed by atoms with E-state index in [0.29, 0.717) is 6.42 Å². The standard InChI is InChI=1S/C10H16O2/c1-2-3-4-8-5-6-9(11)7-10(8)12/h8H,2-7H2,1H3. The lowest BCUT2D eigenvalue weighted by Gasteiger charge is -2.18. The Balaban J connectivity index is 2.35. The molecular formula is C10H16O2. The van der Waals surface area contributed by atoms with E-state index in [1.165, 1.54) is 0 Å². The molecule has 0 aromatic rings. The van der Waals surface area contributed by atoms with E-state index in [4.69, 9.17) is 0 Å². The molecule has 1 rings (SSSR count). The van der Waals surface area contributed by atoms with Gasteiger partial charge in [0.05, 0.1) is 6.42 Å². The average molecular weight is 168 g/mol. The maximum absolute atomic E-state index is 11.3. The van der Waals surface area contributed by atoms with Crippen molar-refractivity contribution in [1.29, 1.82) is 0 Å². The Morgan fingerprint density at radius 2 is 2.17 bits per heavy atom. The first-order valence-electron chi connectivity index (χ1n) is 4.78. The first-order valence-corrected chi connectivity index (χ1v) is 4.78. The number of rotatable bonds is 3. The molecule has 1 atom stereocenters. The van der Waals surface area contributed by atoms with Gasteiger partial charge in [0.2, 0.25) is 0 Å². The Morgan fingerprint density at radius 3 is 2.75 bits per heavy atom. The zero-order valence-corrected chi connectivity index (χ0v) is 7.64. The number of hydrogen-bond acceptors (Lipinski definition) is 2. The molecule has 12 heavy (non-hydrogen) atoms. The van der Waals surface area contributed by atoms with Crippen LogP contribution in [0.5, 0.6) is 0 Å². The van der Waals surface area contributed by atoms with Crippen LogP contribution in [0.25, 0.3) is 0 Å². The number of Topliss-reactive ketones (excluding diaryl/α,β-unsaturated/α-hetero) is 2. The fourth-order valence-electron chi connectivity index (χ4n) is 1.68. The summed E-state index contributed by atoms with van der Waals surface area (Å²) >= 11 is 0. The molecule has 0 aromatic carbocycles. The molecule has 1 aliphatic rings. The van der Waals surface area contributed by atoms with Crippen LogP contribution < -0.4 is 0 Å². The Morgan fingerprint density at radius 1 is 1.42 bits per heavy atom. The quantitative estimate of drug-likeness (QED) is 0.605. The molecule has 2 heteroatoms. The Bertz CT molecular complexity index is 184. The zero-order chi connectivity index (χ0) is 8.97. The van der Waals surface area contributed by atoms with Crippen LogP contribution in [0.4, 0.5) is 0 Å². The summed E-state index contributed by atoms with van der Waals surface area (Å²) in [5.41, 5.74) is 0. The SMILES string of the molecule is CCCCC1CCC(=O)CC1=O. The van der Waals surface area contributed by atoms with Crippen molar-refractivity contribution in [2.24, 2.45) is 5.92 Å². The highest BCUT2D eigenvalue weighted by atomic mass is 16.1. The number of unbranched alkanes of at least 4 members (excludes halogenated alkanes) is 1. The lowest BCUT2D eigenvalue weighted by atomic mass is 9.84. The summed E-state index contributed by atoms with van der Waals surface area (Å²) in [5.74, 6) is 0.509. The normalized spacial score (nSPS) is 24.6. The summed E-state index contributed by atoms with van der Waals surface area (Å²) in [5, 5.41) is 0. The summed E-state index contributed by atoms with van der Waals surface area (Å²) in [4.78, 5) is 22.2. The molecule has 1 unspecified atom stereocenters. The first kappa shape index (κ1) is 9.43. The van der Waals surface area contributed by atoms with Gasteiger partial charge in [0.15, 0.2) is 0 Å². The van der Waals surface area contributed by atoms with Crippen molar-refractivity contribution in [3.05, 3.63) is 0 Å². The molecule has 0 heterocycles. The minimum Gasteiger partial charge on any atom is -0.299 e. The van der Waals surface area contributed by atoms with Crippen LogP contribution >= 0.6 is 0 Å². The van der Waals surface area contributed by atoms with Gasteiger partial charge in [-0.3, -0.25) is 9.59 Å². The van der Waals surface area contributed by atoms with E-state index in [-0.39, 0.29) is 23.9 Å². The highest BCUT2D eigenvalue weighted by Crippen LogP contribution is 2.22.